The van der Waals surface area contributed by atoms with Crippen LogP contribution in [0, 0.1) is 0 Å². The molecule has 2 rings (SSSR count). The molecule has 1 amide bonds. The molecule has 0 bridgehead atoms. The van der Waals surface area contributed by atoms with Crippen LogP contribution in [0.3, 0.4) is 0 Å². The van der Waals surface area contributed by atoms with E-state index in [1.807, 2.05) is 11.8 Å². The van der Waals surface area contributed by atoms with Crippen LogP contribution in [0.15, 0.2) is 0 Å². The Morgan fingerprint density at radius 2 is 2.40 bits per heavy atom. The van der Waals surface area contributed by atoms with Crippen LogP contribution in [0.4, 0.5) is 0 Å². The van der Waals surface area contributed by atoms with Crippen molar-refractivity contribution in [1.29, 1.82) is 0 Å². The molecule has 4 nitrogen and oxygen atoms in total. The van der Waals surface area contributed by atoms with Gasteiger partial charge in [0.25, 0.3) is 0 Å². The Morgan fingerprint density at radius 3 is 3.20 bits per heavy atom. The van der Waals surface area contributed by atoms with E-state index in [9.17, 15) is 4.79 Å². The molecule has 2 aliphatic rings. The maximum absolute atomic E-state index is 12.0. The quantitative estimate of drug-likeness (QED) is 0.735. The summed E-state index contributed by atoms with van der Waals surface area (Å²) in [7, 11) is 0. The maximum Gasteiger partial charge on any atom is 0.242 e. The van der Waals surface area contributed by atoms with E-state index < -0.39 is 0 Å². The van der Waals surface area contributed by atoms with Crippen LogP contribution in [0.1, 0.15) is 26.2 Å². The zero-order valence-electron chi connectivity index (χ0n) is 9.37. The number of ether oxygens (including phenoxy) is 1. The molecule has 0 aromatic carbocycles. The Hall–Kier alpha value is -0.610. The SMILES string of the molecule is CCOCC1NCC2CCCCN2C1=O. The smallest absolute Gasteiger partial charge is 0.242 e. The van der Waals surface area contributed by atoms with E-state index >= 15 is 0 Å². The average molecular weight is 212 g/mol. The Balaban J connectivity index is 1.92. The molecule has 0 aliphatic carbocycles. The molecule has 86 valence electrons. The predicted molar refractivity (Wildman–Crippen MR) is 57.6 cm³/mol. The lowest BCUT2D eigenvalue weighted by molar-refractivity contribution is -0.142. The summed E-state index contributed by atoms with van der Waals surface area (Å²) in [6.07, 6.45) is 3.57. The van der Waals surface area contributed by atoms with Crippen LogP contribution in [0.2, 0.25) is 0 Å². The molecule has 2 atom stereocenters. The van der Waals surface area contributed by atoms with Gasteiger partial charge in [0.2, 0.25) is 5.91 Å². The topological polar surface area (TPSA) is 41.6 Å². The first kappa shape index (κ1) is 10.9. The molecule has 2 unspecified atom stereocenters. The number of piperazine rings is 1. The first-order valence-electron chi connectivity index (χ1n) is 5.94. The van der Waals surface area contributed by atoms with E-state index in [0.29, 0.717) is 19.3 Å². The van der Waals surface area contributed by atoms with E-state index in [2.05, 4.69) is 5.32 Å². The Morgan fingerprint density at radius 1 is 1.53 bits per heavy atom. The lowest BCUT2D eigenvalue weighted by Gasteiger charge is -2.42. The normalized spacial score (nSPS) is 31.5. The summed E-state index contributed by atoms with van der Waals surface area (Å²) >= 11 is 0. The Kier molecular flexibility index (Phi) is 3.59. The molecule has 1 N–H and O–H groups in total. The van der Waals surface area contributed by atoms with Gasteiger partial charge < -0.3 is 15.0 Å². The summed E-state index contributed by atoms with van der Waals surface area (Å²) < 4.78 is 5.31. The molecule has 2 aliphatic heterocycles. The van der Waals surface area contributed by atoms with Gasteiger partial charge in [0.05, 0.1) is 6.61 Å². The molecular weight excluding hydrogens is 192 g/mol. The highest BCUT2D eigenvalue weighted by Gasteiger charge is 2.35. The summed E-state index contributed by atoms with van der Waals surface area (Å²) in [5.41, 5.74) is 0. The number of nitrogens with one attached hydrogen (secondary N) is 1. The highest BCUT2D eigenvalue weighted by molar-refractivity contribution is 5.83. The van der Waals surface area contributed by atoms with Crippen molar-refractivity contribution in [3.05, 3.63) is 0 Å². The van der Waals surface area contributed by atoms with E-state index in [1.165, 1.54) is 6.42 Å². The summed E-state index contributed by atoms with van der Waals surface area (Å²) in [6.45, 7) is 5.02. The van der Waals surface area contributed by atoms with Gasteiger partial charge in [-0.2, -0.15) is 0 Å². The second-order valence-corrected chi connectivity index (χ2v) is 4.30. The third kappa shape index (κ3) is 2.32. The van der Waals surface area contributed by atoms with Crippen molar-refractivity contribution >= 4 is 5.91 Å². The molecule has 0 aromatic heterocycles. The fourth-order valence-corrected chi connectivity index (χ4v) is 2.43. The highest BCUT2D eigenvalue weighted by atomic mass is 16.5. The maximum atomic E-state index is 12.0. The Labute approximate surface area is 91.0 Å². The lowest BCUT2D eigenvalue weighted by atomic mass is 9.98. The average Bonchev–Trinajstić information content (AvgIpc) is 2.29. The highest BCUT2D eigenvalue weighted by Crippen LogP contribution is 2.20. The summed E-state index contributed by atoms with van der Waals surface area (Å²) in [4.78, 5) is 14.1. The van der Waals surface area contributed by atoms with Gasteiger partial charge in [0.15, 0.2) is 0 Å². The molecule has 0 aromatic rings. The molecule has 2 fully saturated rings. The number of rotatable bonds is 3. The van der Waals surface area contributed by atoms with Crippen LogP contribution in [-0.2, 0) is 9.53 Å². The summed E-state index contributed by atoms with van der Waals surface area (Å²) in [6, 6.07) is 0.323. The van der Waals surface area contributed by atoms with Crippen molar-refractivity contribution < 1.29 is 9.53 Å². The van der Waals surface area contributed by atoms with Gasteiger partial charge in [0.1, 0.15) is 6.04 Å². The van der Waals surface area contributed by atoms with E-state index in [1.54, 1.807) is 0 Å². The van der Waals surface area contributed by atoms with Crippen LogP contribution < -0.4 is 5.32 Å². The van der Waals surface area contributed by atoms with Crippen molar-refractivity contribution in [3.63, 3.8) is 0 Å². The number of nitrogens with zero attached hydrogens (tertiary/aromatic N) is 1. The van der Waals surface area contributed by atoms with E-state index in [0.717, 1.165) is 25.9 Å². The predicted octanol–water partition coefficient (Wildman–Crippen LogP) is 0.376. The van der Waals surface area contributed by atoms with Crippen LogP contribution >= 0.6 is 0 Å². The Bertz CT molecular complexity index is 233. The van der Waals surface area contributed by atoms with E-state index in [-0.39, 0.29) is 11.9 Å². The number of carbonyl (C=O) groups excluding carboxylic acids is 1. The van der Waals surface area contributed by atoms with Crippen molar-refractivity contribution in [2.24, 2.45) is 0 Å². The van der Waals surface area contributed by atoms with Gasteiger partial charge in [-0.1, -0.05) is 0 Å². The summed E-state index contributed by atoms with van der Waals surface area (Å²) in [5.74, 6) is 0.236. The molecule has 2 saturated heterocycles. The van der Waals surface area contributed by atoms with Gasteiger partial charge in [-0.3, -0.25) is 4.79 Å². The van der Waals surface area contributed by atoms with Gasteiger partial charge in [0, 0.05) is 25.7 Å². The van der Waals surface area contributed by atoms with Crippen molar-refractivity contribution in [1.82, 2.24) is 10.2 Å². The minimum atomic E-state index is -0.112. The van der Waals surface area contributed by atoms with Crippen LogP contribution in [0.25, 0.3) is 0 Å². The minimum Gasteiger partial charge on any atom is -0.380 e. The second-order valence-electron chi connectivity index (χ2n) is 4.30. The third-order valence-electron chi connectivity index (χ3n) is 3.30. The van der Waals surface area contributed by atoms with Crippen molar-refractivity contribution in [2.45, 2.75) is 38.3 Å². The van der Waals surface area contributed by atoms with Crippen molar-refractivity contribution in [2.75, 3.05) is 26.3 Å². The largest absolute Gasteiger partial charge is 0.380 e. The minimum absolute atomic E-state index is 0.112. The third-order valence-corrected chi connectivity index (χ3v) is 3.30. The summed E-state index contributed by atoms with van der Waals surface area (Å²) in [5, 5.41) is 3.29. The van der Waals surface area contributed by atoms with Gasteiger partial charge >= 0.3 is 0 Å². The molecule has 2 heterocycles. The number of hydrogen-bond donors (Lipinski definition) is 1. The molecular formula is C11H20N2O2. The van der Waals surface area contributed by atoms with Gasteiger partial charge in [-0.25, -0.2) is 0 Å². The zero-order valence-corrected chi connectivity index (χ0v) is 9.37. The van der Waals surface area contributed by atoms with Crippen LogP contribution in [-0.4, -0.2) is 49.2 Å². The first-order chi connectivity index (χ1) is 7.33. The second kappa shape index (κ2) is 4.94. The number of hydrogen-bond acceptors (Lipinski definition) is 3. The monoisotopic (exact) mass is 212 g/mol. The number of fused-ring (bicyclic) bond motifs is 1. The zero-order chi connectivity index (χ0) is 10.7. The van der Waals surface area contributed by atoms with Crippen molar-refractivity contribution in [3.8, 4) is 0 Å². The number of amides is 1. The molecule has 0 radical (unpaired) electrons. The molecule has 0 spiro atoms. The molecule has 4 heteroatoms. The van der Waals surface area contributed by atoms with Crippen LogP contribution in [0.5, 0.6) is 0 Å². The fraction of sp³-hybridized carbons (Fsp3) is 0.909. The fourth-order valence-electron chi connectivity index (χ4n) is 2.43. The molecule has 15 heavy (non-hydrogen) atoms. The van der Waals surface area contributed by atoms with E-state index in [4.69, 9.17) is 4.74 Å². The van der Waals surface area contributed by atoms with Gasteiger partial charge in [-0.15, -0.1) is 0 Å². The lowest BCUT2D eigenvalue weighted by Crippen LogP contribution is -2.62. The molecule has 0 saturated carbocycles. The van der Waals surface area contributed by atoms with Gasteiger partial charge in [-0.05, 0) is 26.2 Å². The number of piperidine rings is 1. The first-order valence-corrected chi connectivity index (χ1v) is 5.94. The number of carbonyl (C=O) groups is 1. The standard InChI is InChI=1S/C11H20N2O2/c1-2-15-8-10-11(14)13-6-4-3-5-9(13)7-12-10/h9-10,12H,2-8H2,1H3.